The Kier molecular flexibility index (Phi) is 9.65. The van der Waals surface area contributed by atoms with Gasteiger partial charge in [-0.15, -0.1) is 6.42 Å². The molecule has 0 unspecified atom stereocenters. The summed E-state index contributed by atoms with van der Waals surface area (Å²) in [6.07, 6.45) is 0.687. The zero-order chi connectivity index (χ0) is 25.2. The number of aliphatic hydroxyl groups is 1. The van der Waals surface area contributed by atoms with Gasteiger partial charge in [-0.1, -0.05) is 96.9 Å². The van der Waals surface area contributed by atoms with Gasteiger partial charge in [0, 0.05) is 7.11 Å². The first-order valence-electron chi connectivity index (χ1n) is 12.0. The minimum absolute atomic E-state index is 0.289. The molecule has 36 heavy (non-hydrogen) atoms. The van der Waals surface area contributed by atoms with Crippen molar-refractivity contribution in [1.82, 2.24) is 0 Å². The minimum atomic E-state index is -1.22. The van der Waals surface area contributed by atoms with Crippen molar-refractivity contribution in [2.75, 3.05) is 7.11 Å². The Balaban J connectivity index is 1.62. The molecule has 188 valence electrons. The van der Waals surface area contributed by atoms with Crippen LogP contribution in [-0.4, -0.2) is 49.0 Å². The van der Waals surface area contributed by atoms with Crippen molar-refractivity contribution < 1.29 is 28.8 Å². The molecule has 1 aliphatic rings. The maximum atomic E-state index is 10.7. The summed E-state index contributed by atoms with van der Waals surface area (Å²) in [6, 6.07) is 29.5. The van der Waals surface area contributed by atoms with Gasteiger partial charge in [0.15, 0.2) is 6.29 Å². The second-order valence-corrected chi connectivity index (χ2v) is 8.60. The first-order valence-corrected chi connectivity index (χ1v) is 12.0. The van der Waals surface area contributed by atoms with E-state index in [0.29, 0.717) is 13.2 Å². The molecule has 1 aliphatic heterocycles. The van der Waals surface area contributed by atoms with Gasteiger partial charge < -0.3 is 28.8 Å². The highest BCUT2D eigenvalue weighted by Gasteiger charge is 2.50. The lowest BCUT2D eigenvalue weighted by atomic mass is 9.94. The summed E-state index contributed by atoms with van der Waals surface area (Å²) in [5.74, 6) is 2.37. The fourth-order valence-corrected chi connectivity index (χ4v) is 4.23. The van der Waals surface area contributed by atoms with E-state index >= 15 is 0 Å². The topological polar surface area (TPSA) is 66.4 Å². The molecule has 0 spiro atoms. The second-order valence-electron chi connectivity index (χ2n) is 8.60. The molecule has 0 bridgehead atoms. The van der Waals surface area contributed by atoms with Gasteiger partial charge in [0.05, 0.1) is 19.8 Å². The van der Waals surface area contributed by atoms with Crippen molar-refractivity contribution >= 4 is 0 Å². The summed E-state index contributed by atoms with van der Waals surface area (Å²) < 4.78 is 30.9. The van der Waals surface area contributed by atoms with Crippen molar-refractivity contribution in [1.29, 1.82) is 0 Å². The molecule has 0 amide bonds. The molecule has 1 saturated heterocycles. The predicted molar refractivity (Wildman–Crippen MR) is 136 cm³/mol. The highest BCUT2D eigenvalue weighted by Crippen LogP contribution is 2.32. The van der Waals surface area contributed by atoms with E-state index in [1.807, 2.05) is 91.0 Å². The van der Waals surface area contributed by atoms with E-state index in [1.54, 1.807) is 0 Å². The number of terminal acetylenes is 1. The number of ether oxygens (including phenoxy) is 5. The van der Waals surface area contributed by atoms with E-state index in [9.17, 15) is 5.11 Å². The molecule has 4 rings (SSSR count). The largest absolute Gasteiger partial charge is 0.378 e. The van der Waals surface area contributed by atoms with Crippen LogP contribution in [0.1, 0.15) is 16.7 Å². The molecule has 3 aromatic carbocycles. The maximum Gasteiger partial charge on any atom is 0.186 e. The Bertz CT molecular complexity index is 1070. The van der Waals surface area contributed by atoms with Gasteiger partial charge in [-0.25, -0.2) is 0 Å². The average molecular weight is 489 g/mol. The molecule has 0 radical (unpaired) electrons. The van der Waals surface area contributed by atoms with Gasteiger partial charge in [0.25, 0.3) is 0 Å². The van der Waals surface area contributed by atoms with E-state index in [1.165, 1.54) is 7.11 Å². The quantitative estimate of drug-likeness (QED) is 0.410. The lowest BCUT2D eigenvalue weighted by Crippen LogP contribution is -2.63. The average Bonchev–Trinajstić information content (AvgIpc) is 2.94. The fourth-order valence-electron chi connectivity index (χ4n) is 4.23. The molecule has 1 heterocycles. The van der Waals surface area contributed by atoms with Gasteiger partial charge in [0.2, 0.25) is 0 Å². The molecule has 0 aliphatic carbocycles. The minimum Gasteiger partial charge on any atom is -0.378 e. The summed E-state index contributed by atoms with van der Waals surface area (Å²) in [5.41, 5.74) is 2.97. The molecular weight excluding hydrogens is 456 g/mol. The highest BCUT2D eigenvalue weighted by atomic mass is 16.7. The maximum absolute atomic E-state index is 10.7. The van der Waals surface area contributed by atoms with Crippen LogP contribution in [0.5, 0.6) is 0 Å². The molecule has 3 aromatic rings. The molecule has 6 heteroatoms. The molecule has 0 aromatic heterocycles. The van der Waals surface area contributed by atoms with Crippen LogP contribution in [0.2, 0.25) is 0 Å². The zero-order valence-electron chi connectivity index (χ0n) is 20.3. The number of methoxy groups -OCH3 is 1. The van der Waals surface area contributed by atoms with Crippen LogP contribution in [0.15, 0.2) is 91.0 Å². The lowest BCUT2D eigenvalue weighted by molar-refractivity contribution is -0.326. The molecule has 1 N–H and O–H groups in total. The Hall–Kier alpha value is -3.02. The monoisotopic (exact) mass is 488 g/mol. The molecule has 1 fully saturated rings. The van der Waals surface area contributed by atoms with E-state index < -0.39 is 36.8 Å². The van der Waals surface area contributed by atoms with E-state index in [2.05, 4.69) is 5.92 Å². The van der Waals surface area contributed by atoms with Crippen LogP contribution in [0.25, 0.3) is 0 Å². The number of hydrogen-bond donors (Lipinski definition) is 1. The van der Waals surface area contributed by atoms with Crippen molar-refractivity contribution in [2.45, 2.75) is 56.6 Å². The Morgan fingerprint density at radius 3 is 1.56 bits per heavy atom. The van der Waals surface area contributed by atoms with Gasteiger partial charge in [-0.2, -0.15) is 0 Å². The third-order valence-corrected chi connectivity index (χ3v) is 6.10. The van der Waals surface area contributed by atoms with Crippen molar-refractivity contribution in [3.05, 3.63) is 108 Å². The standard InChI is InChI=1S/C30H32O6/c1-3-25(31)26-27(33-19-22-13-7-4-8-14-22)28(34-20-23-15-9-5-10-16-23)29(30(32-2)36-26)35-21-24-17-11-6-12-18-24/h1,4-18,25-31H,19-21H2,2H3/t25-,26-,27-,28+,29-,30+/m1/s1. The van der Waals surface area contributed by atoms with E-state index in [0.717, 1.165) is 16.7 Å². The summed E-state index contributed by atoms with van der Waals surface area (Å²) in [7, 11) is 1.53. The smallest absolute Gasteiger partial charge is 0.186 e. The summed E-state index contributed by atoms with van der Waals surface area (Å²) >= 11 is 0. The highest BCUT2D eigenvalue weighted by molar-refractivity contribution is 5.16. The van der Waals surface area contributed by atoms with Crippen molar-refractivity contribution in [3.8, 4) is 12.3 Å². The second kappa shape index (κ2) is 13.3. The molecule has 6 atom stereocenters. The van der Waals surface area contributed by atoms with Crippen LogP contribution in [0.3, 0.4) is 0 Å². The van der Waals surface area contributed by atoms with Gasteiger partial charge in [-0.3, -0.25) is 0 Å². The predicted octanol–water partition coefficient (Wildman–Crippen LogP) is 4.11. The van der Waals surface area contributed by atoms with Gasteiger partial charge in [0.1, 0.15) is 30.5 Å². The van der Waals surface area contributed by atoms with E-state index in [-0.39, 0.29) is 6.61 Å². The summed E-state index contributed by atoms with van der Waals surface area (Å²) in [4.78, 5) is 0. The zero-order valence-corrected chi connectivity index (χ0v) is 20.3. The number of rotatable bonds is 11. The molecule has 6 nitrogen and oxygen atoms in total. The number of hydrogen-bond acceptors (Lipinski definition) is 6. The third kappa shape index (κ3) is 6.80. The third-order valence-electron chi connectivity index (χ3n) is 6.10. The Morgan fingerprint density at radius 2 is 1.14 bits per heavy atom. The van der Waals surface area contributed by atoms with Gasteiger partial charge >= 0.3 is 0 Å². The van der Waals surface area contributed by atoms with Gasteiger partial charge in [-0.05, 0) is 16.7 Å². The number of benzene rings is 3. The van der Waals surface area contributed by atoms with Crippen LogP contribution >= 0.6 is 0 Å². The van der Waals surface area contributed by atoms with Crippen LogP contribution < -0.4 is 0 Å². The summed E-state index contributed by atoms with van der Waals surface area (Å²) in [5, 5.41) is 10.7. The van der Waals surface area contributed by atoms with Crippen molar-refractivity contribution in [3.63, 3.8) is 0 Å². The Labute approximate surface area is 212 Å². The lowest BCUT2D eigenvalue weighted by Gasteiger charge is -2.46. The summed E-state index contributed by atoms with van der Waals surface area (Å²) in [6.45, 7) is 0.932. The molecular formula is C30H32O6. The number of aliphatic hydroxyl groups excluding tert-OH is 1. The van der Waals surface area contributed by atoms with Crippen LogP contribution in [-0.2, 0) is 43.5 Å². The fraction of sp³-hybridized carbons (Fsp3) is 0.333. The first-order chi connectivity index (χ1) is 17.7. The Morgan fingerprint density at radius 1 is 0.722 bits per heavy atom. The molecule has 0 saturated carbocycles. The van der Waals surface area contributed by atoms with Crippen molar-refractivity contribution in [2.24, 2.45) is 0 Å². The normalized spacial score (nSPS) is 24.6. The van der Waals surface area contributed by atoms with Crippen LogP contribution in [0.4, 0.5) is 0 Å². The SMILES string of the molecule is C#C[C@@H](O)[C@H]1O[C@H](OC)[C@H](OCc2ccccc2)[C@@H](OCc2ccccc2)[C@@H]1OCc1ccccc1. The first kappa shape index (κ1) is 26.1. The van der Waals surface area contributed by atoms with Crippen LogP contribution in [0, 0.1) is 12.3 Å². The van der Waals surface area contributed by atoms with E-state index in [4.69, 9.17) is 30.1 Å².